The van der Waals surface area contributed by atoms with Gasteiger partial charge in [0, 0.05) is 29.8 Å². The molecule has 1 aliphatic heterocycles. The number of allylic oxidation sites excluding steroid dienone is 1. The Hall–Kier alpha value is -2.68. The van der Waals surface area contributed by atoms with Gasteiger partial charge in [-0.1, -0.05) is 35.0 Å². The van der Waals surface area contributed by atoms with Gasteiger partial charge in [0.1, 0.15) is 0 Å². The summed E-state index contributed by atoms with van der Waals surface area (Å²) in [5.74, 6) is 1.04. The van der Waals surface area contributed by atoms with Gasteiger partial charge in [0.2, 0.25) is 5.82 Å². The van der Waals surface area contributed by atoms with E-state index in [9.17, 15) is 0 Å². The van der Waals surface area contributed by atoms with Crippen molar-refractivity contribution in [3.8, 4) is 11.4 Å². The smallest absolute Gasteiger partial charge is 0.258 e. The van der Waals surface area contributed by atoms with E-state index < -0.39 is 0 Å². The summed E-state index contributed by atoms with van der Waals surface area (Å²) < 4.78 is 11.1. The van der Waals surface area contributed by atoms with Crippen LogP contribution >= 0.6 is 24.0 Å². The Bertz CT molecular complexity index is 1120. The number of aryl methyl sites for hydroxylation is 1. The Labute approximate surface area is 198 Å². The number of nitrogens with one attached hydrogen (secondary N) is 1. The molecule has 0 radical (unpaired) electrons. The van der Waals surface area contributed by atoms with Gasteiger partial charge in [0.15, 0.2) is 5.11 Å². The molecule has 1 atom stereocenters. The zero-order valence-electron chi connectivity index (χ0n) is 18.6. The minimum absolute atomic E-state index is 0.186. The van der Waals surface area contributed by atoms with Gasteiger partial charge >= 0.3 is 0 Å². The number of methoxy groups -OCH3 is 1. The molecular formula is C24H26N4O2S2. The first-order valence-corrected chi connectivity index (χ1v) is 12.0. The highest BCUT2D eigenvalue weighted by molar-refractivity contribution is 7.98. The molecule has 0 amide bonds. The molecule has 0 bridgehead atoms. The maximum absolute atomic E-state index is 5.78. The third kappa shape index (κ3) is 4.57. The van der Waals surface area contributed by atoms with E-state index in [0.29, 0.717) is 30.0 Å². The molecule has 1 N–H and O–H groups in total. The lowest BCUT2D eigenvalue weighted by Crippen LogP contribution is -2.47. The van der Waals surface area contributed by atoms with Crippen LogP contribution in [0.5, 0.6) is 0 Å². The van der Waals surface area contributed by atoms with Gasteiger partial charge in [0.05, 0.1) is 18.2 Å². The zero-order chi connectivity index (χ0) is 22.7. The summed E-state index contributed by atoms with van der Waals surface area (Å²) in [6.45, 7) is 5.30. The van der Waals surface area contributed by atoms with Crippen LogP contribution in [-0.4, -0.2) is 46.7 Å². The van der Waals surface area contributed by atoms with Crippen molar-refractivity contribution < 1.29 is 9.26 Å². The maximum Gasteiger partial charge on any atom is 0.258 e. The number of benzene rings is 2. The van der Waals surface area contributed by atoms with Gasteiger partial charge in [-0.3, -0.25) is 0 Å². The topological polar surface area (TPSA) is 63.4 Å². The van der Waals surface area contributed by atoms with Crippen LogP contribution in [-0.2, 0) is 4.74 Å². The zero-order valence-corrected chi connectivity index (χ0v) is 20.2. The SMILES string of the molecule is COCCN1C(=S)NC(c2ccc(C)cc2)C(c2nc(-c3ccc(SC)cc3)no2)=C1C. The minimum Gasteiger partial charge on any atom is -0.383 e. The Balaban J connectivity index is 1.76. The number of hydrogen-bond donors (Lipinski definition) is 1. The van der Waals surface area contributed by atoms with Gasteiger partial charge in [-0.2, -0.15) is 4.98 Å². The predicted molar refractivity (Wildman–Crippen MR) is 132 cm³/mol. The van der Waals surface area contributed by atoms with E-state index in [-0.39, 0.29) is 6.04 Å². The number of nitrogens with zero attached hydrogens (tertiary/aromatic N) is 3. The number of aromatic nitrogens is 2. The second-order valence-corrected chi connectivity index (χ2v) is 8.85. The van der Waals surface area contributed by atoms with E-state index in [1.807, 2.05) is 24.0 Å². The largest absolute Gasteiger partial charge is 0.383 e. The molecule has 2 heterocycles. The Morgan fingerprint density at radius 3 is 2.50 bits per heavy atom. The van der Waals surface area contributed by atoms with E-state index in [2.05, 4.69) is 60.1 Å². The quantitative estimate of drug-likeness (QED) is 0.382. The van der Waals surface area contributed by atoms with E-state index >= 15 is 0 Å². The molecule has 1 aromatic heterocycles. The lowest BCUT2D eigenvalue weighted by atomic mass is 9.94. The number of ether oxygens (including phenoxy) is 1. The minimum atomic E-state index is -0.186. The lowest BCUT2D eigenvalue weighted by Gasteiger charge is -2.37. The van der Waals surface area contributed by atoms with Crippen molar-refractivity contribution in [3.63, 3.8) is 0 Å². The fourth-order valence-corrected chi connectivity index (χ4v) is 4.46. The van der Waals surface area contributed by atoms with E-state index in [1.54, 1.807) is 18.9 Å². The molecule has 0 spiro atoms. The highest BCUT2D eigenvalue weighted by Crippen LogP contribution is 2.37. The van der Waals surface area contributed by atoms with Crippen molar-refractivity contribution in [2.45, 2.75) is 24.8 Å². The molecular weight excluding hydrogens is 440 g/mol. The van der Waals surface area contributed by atoms with Crippen LogP contribution in [0.2, 0.25) is 0 Å². The van der Waals surface area contributed by atoms with Crippen molar-refractivity contribution >= 4 is 34.7 Å². The molecule has 0 saturated carbocycles. The molecule has 1 aliphatic rings. The van der Waals surface area contributed by atoms with E-state index in [1.165, 1.54) is 10.5 Å². The molecule has 32 heavy (non-hydrogen) atoms. The summed E-state index contributed by atoms with van der Waals surface area (Å²) in [7, 11) is 1.68. The average Bonchev–Trinajstić information content (AvgIpc) is 3.29. The fourth-order valence-electron chi connectivity index (χ4n) is 3.71. The standard InChI is InChI=1S/C24H26N4O2S2/c1-15-5-7-17(8-6-15)21-20(16(2)28(13-14-29-3)24(31)25-21)23-26-22(27-30-23)18-9-11-19(32-4)12-10-18/h5-12,21H,13-14H2,1-4H3,(H,25,31). The van der Waals surface area contributed by atoms with Gasteiger partial charge in [-0.25, -0.2) is 0 Å². The van der Waals surface area contributed by atoms with E-state index in [0.717, 1.165) is 22.4 Å². The monoisotopic (exact) mass is 466 g/mol. The first-order valence-electron chi connectivity index (χ1n) is 10.3. The lowest BCUT2D eigenvalue weighted by molar-refractivity contribution is 0.183. The van der Waals surface area contributed by atoms with Crippen LogP contribution in [0.1, 0.15) is 30.0 Å². The van der Waals surface area contributed by atoms with Gasteiger partial charge < -0.3 is 19.5 Å². The van der Waals surface area contributed by atoms with E-state index in [4.69, 9.17) is 26.5 Å². The highest BCUT2D eigenvalue weighted by Gasteiger charge is 2.33. The molecule has 2 aromatic carbocycles. The summed E-state index contributed by atoms with van der Waals surface area (Å²) in [5.41, 5.74) is 5.09. The van der Waals surface area contributed by atoms with Gasteiger partial charge in [-0.15, -0.1) is 11.8 Å². The second kappa shape index (κ2) is 9.85. The van der Waals surface area contributed by atoms with Crippen LogP contribution in [0.25, 0.3) is 17.0 Å². The van der Waals surface area contributed by atoms with Crippen molar-refractivity contribution in [2.24, 2.45) is 0 Å². The fraction of sp³-hybridized carbons (Fsp3) is 0.292. The number of hydrogen-bond acceptors (Lipinski definition) is 6. The van der Waals surface area contributed by atoms with Gasteiger partial charge in [-0.05, 0) is 62.2 Å². The Kier molecular flexibility index (Phi) is 6.93. The molecule has 0 saturated heterocycles. The first kappa shape index (κ1) is 22.5. The molecule has 0 fully saturated rings. The molecule has 0 aliphatic carbocycles. The molecule has 3 aromatic rings. The molecule has 166 valence electrons. The van der Waals surface area contributed by atoms with Crippen LogP contribution in [0.3, 0.4) is 0 Å². The highest BCUT2D eigenvalue weighted by atomic mass is 32.2. The Morgan fingerprint density at radius 1 is 1.12 bits per heavy atom. The van der Waals surface area contributed by atoms with Gasteiger partial charge in [0.25, 0.3) is 5.89 Å². The number of thioether (sulfide) groups is 1. The summed E-state index contributed by atoms with van der Waals surface area (Å²) in [6, 6.07) is 16.3. The average molecular weight is 467 g/mol. The molecule has 4 rings (SSSR count). The summed E-state index contributed by atoms with van der Waals surface area (Å²) >= 11 is 7.38. The van der Waals surface area contributed by atoms with Crippen molar-refractivity contribution in [2.75, 3.05) is 26.5 Å². The third-order valence-electron chi connectivity index (χ3n) is 5.53. The van der Waals surface area contributed by atoms with Crippen LogP contribution < -0.4 is 5.32 Å². The first-order chi connectivity index (χ1) is 15.5. The van der Waals surface area contributed by atoms with Crippen LogP contribution in [0.15, 0.2) is 63.6 Å². The van der Waals surface area contributed by atoms with Crippen molar-refractivity contribution in [3.05, 3.63) is 71.2 Å². The molecule has 6 nitrogen and oxygen atoms in total. The van der Waals surface area contributed by atoms with Crippen molar-refractivity contribution in [1.29, 1.82) is 0 Å². The normalized spacial score (nSPS) is 16.4. The number of rotatable bonds is 7. The predicted octanol–water partition coefficient (Wildman–Crippen LogP) is 5.08. The van der Waals surface area contributed by atoms with Crippen molar-refractivity contribution in [1.82, 2.24) is 20.4 Å². The maximum atomic E-state index is 5.78. The number of thiocarbonyl (C=S) groups is 1. The summed E-state index contributed by atoms with van der Waals surface area (Å²) in [5, 5.41) is 8.39. The van der Waals surface area contributed by atoms with Crippen LogP contribution in [0, 0.1) is 6.92 Å². The second-order valence-electron chi connectivity index (χ2n) is 7.59. The summed E-state index contributed by atoms with van der Waals surface area (Å²) in [4.78, 5) is 7.97. The third-order valence-corrected chi connectivity index (χ3v) is 6.61. The molecule has 1 unspecified atom stereocenters. The van der Waals surface area contributed by atoms with Crippen LogP contribution in [0.4, 0.5) is 0 Å². The molecule has 8 heteroatoms. The Morgan fingerprint density at radius 2 is 1.84 bits per heavy atom. The summed E-state index contributed by atoms with van der Waals surface area (Å²) in [6.07, 6.45) is 2.05.